The second-order valence-corrected chi connectivity index (χ2v) is 5.47. The summed E-state index contributed by atoms with van der Waals surface area (Å²) in [5.74, 6) is 1.56. The summed E-state index contributed by atoms with van der Waals surface area (Å²) in [5.41, 5.74) is 7.18. The second kappa shape index (κ2) is 6.01. The van der Waals surface area contributed by atoms with Gasteiger partial charge in [0.05, 0.1) is 11.9 Å². The lowest BCUT2D eigenvalue weighted by Crippen LogP contribution is -1.90. The molecule has 0 radical (unpaired) electrons. The van der Waals surface area contributed by atoms with Crippen molar-refractivity contribution in [3.63, 3.8) is 0 Å². The number of thioether (sulfide) groups is 1. The first-order valence-electron chi connectivity index (χ1n) is 6.40. The van der Waals surface area contributed by atoms with Crippen LogP contribution in [0.1, 0.15) is 5.89 Å². The van der Waals surface area contributed by atoms with Gasteiger partial charge in [-0.25, -0.2) is 9.37 Å². The SMILES string of the molecule is Nc1cc(F)ccc1SCc1ncc(-c2ccccc2)o1. The lowest BCUT2D eigenvalue weighted by atomic mass is 10.2. The number of rotatable bonds is 4. The Labute approximate surface area is 126 Å². The number of oxazole rings is 1. The zero-order chi connectivity index (χ0) is 14.7. The third-order valence-corrected chi connectivity index (χ3v) is 4.01. The lowest BCUT2D eigenvalue weighted by Gasteiger charge is -2.03. The summed E-state index contributed by atoms with van der Waals surface area (Å²) < 4.78 is 18.7. The average Bonchev–Trinajstić information content (AvgIpc) is 2.96. The summed E-state index contributed by atoms with van der Waals surface area (Å²) in [5, 5.41) is 0. The van der Waals surface area contributed by atoms with Crippen LogP contribution >= 0.6 is 11.8 Å². The first-order chi connectivity index (χ1) is 10.2. The molecule has 5 heteroatoms. The number of halogens is 1. The van der Waals surface area contributed by atoms with E-state index in [1.807, 2.05) is 30.3 Å². The van der Waals surface area contributed by atoms with E-state index < -0.39 is 0 Å². The van der Waals surface area contributed by atoms with E-state index in [1.165, 1.54) is 23.9 Å². The van der Waals surface area contributed by atoms with E-state index in [1.54, 1.807) is 12.3 Å². The first kappa shape index (κ1) is 13.7. The number of nitrogen functional groups attached to an aromatic ring is 1. The smallest absolute Gasteiger partial charge is 0.205 e. The van der Waals surface area contributed by atoms with Gasteiger partial charge in [-0.3, -0.25) is 0 Å². The van der Waals surface area contributed by atoms with Crippen LogP contribution in [0.3, 0.4) is 0 Å². The van der Waals surface area contributed by atoms with Crippen molar-refractivity contribution in [2.75, 3.05) is 5.73 Å². The van der Waals surface area contributed by atoms with E-state index in [0.29, 0.717) is 17.3 Å². The Morgan fingerprint density at radius 1 is 1.14 bits per heavy atom. The van der Waals surface area contributed by atoms with Crippen molar-refractivity contribution in [3.8, 4) is 11.3 Å². The fourth-order valence-electron chi connectivity index (χ4n) is 1.90. The number of anilines is 1. The number of hydrogen-bond acceptors (Lipinski definition) is 4. The molecule has 0 aliphatic heterocycles. The highest BCUT2D eigenvalue weighted by molar-refractivity contribution is 7.98. The third-order valence-electron chi connectivity index (χ3n) is 2.93. The number of aromatic nitrogens is 1. The van der Waals surface area contributed by atoms with Gasteiger partial charge in [-0.2, -0.15) is 0 Å². The van der Waals surface area contributed by atoms with Gasteiger partial charge in [-0.1, -0.05) is 30.3 Å². The molecular weight excluding hydrogens is 287 g/mol. The number of nitrogens with two attached hydrogens (primary N) is 1. The minimum Gasteiger partial charge on any atom is -0.440 e. The van der Waals surface area contributed by atoms with Crippen molar-refractivity contribution in [2.45, 2.75) is 10.6 Å². The van der Waals surface area contributed by atoms with E-state index in [0.717, 1.165) is 16.2 Å². The molecule has 0 aliphatic carbocycles. The highest BCUT2D eigenvalue weighted by Crippen LogP contribution is 2.29. The maximum Gasteiger partial charge on any atom is 0.205 e. The van der Waals surface area contributed by atoms with Crippen LogP contribution in [0.4, 0.5) is 10.1 Å². The van der Waals surface area contributed by atoms with Crippen molar-refractivity contribution in [1.82, 2.24) is 4.98 Å². The highest BCUT2D eigenvalue weighted by Gasteiger charge is 2.08. The molecule has 2 N–H and O–H groups in total. The van der Waals surface area contributed by atoms with Gasteiger partial charge < -0.3 is 10.2 Å². The average molecular weight is 300 g/mol. The molecule has 3 nitrogen and oxygen atoms in total. The van der Waals surface area contributed by atoms with Crippen LogP contribution in [0.25, 0.3) is 11.3 Å². The molecule has 0 saturated carbocycles. The van der Waals surface area contributed by atoms with Gasteiger partial charge in [0.2, 0.25) is 5.89 Å². The van der Waals surface area contributed by atoms with Gasteiger partial charge in [-0.05, 0) is 18.2 Å². The zero-order valence-electron chi connectivity index (χ0n) is 11.1. The first-order valence-corrected chi connectivity index (χ1v) is 7.39. The van der Waals surface area contributed by atoms with Crippen LogP contribution < -0.4 is 5.73 Å². The predicted molar refractivity (Wildman–Crippen MR) is 82.3 cm³/mol. The van der Waals surface area contributed by atoms with E-state index in [9.17, 15) is 4.39 Å². The molecule has 0 spiro atoms. The normalized spacial score (nSPS) is 10.7. The summed E-state index contributed by atoms with van der Waals surface area (Å²) in [6.45, 7) is 0. The Bertz CT molecular complexity index is 743. The van der Waals surface area contributed by atoms with E-state index in [2.05, 4.69) is 4.98 Å². The molecule has 0 unspecified atom stereocenters. The molecule has 21 heavy (non-hydrogen) atoms. The summed E-state index contributed by atoms with van der Waals surface area (Å²) in [6, 6.07) is 14.2. The minimum absolute atomic E-state index is 0.334. The predicted octanol–water partition coefficient (Wildman–Crippen LogP) is 4.36. The molecule has 0 atom stereocenters. The molecule has 0 aliphatic rings. The summed E-state index contributed by atoms with van der Waals surface area (Å²) in [6.07, 6.45) is 1.71. The topological polar surface area (TPSA) is 52.0 Å². The number of hydrogen-bond donors (Lipinski definition) is 1. The van der Waals surface area contributed by atoms with Crippen LogP contribution in [0.2, 0.25) is 0 Å². The van der Waals surface area contributed by atoms with Gasteiger partial charge in [0.15, 0.2) is 5.76 Å². The standard InChI is InChI=1S/C16H13FN2OS/c17-12-6-7-15(13(18)8-12)21-10-16-19-9-14(20-16)11-4-2-1-3-5-11/h1-9H,10,18H2. The van der Waals surface area contributed by atoms with Crippen LogP contribution in [0, 0.1) is 5.82 Å². The summed E-state index contributed by atoms with van der Waals surface area (Å²) in [4.78, 5) is 5.07. The molecule has 106 valence electrons. The van der Waals surface area contributed by atoms with Crippen LogP contribution in [-0.2, 0) is 5.75 Å². The van der Waals surface area contributed by atoms with Crippen molar-refractivity contribution < 1.29 is 8.81 Å². The Morgan fingerprint density at radius 3 is 2.71 bits per heavy atom. The van der Waals surface area contributed by atoms with Crippen LogP contribution in [0.15, 0.2) is 64.0 Å². The Kier molecular flexibility index (Phi) is 3.92. The Morgan fingerprint density at radius 2 is 1.95 bits per heavy atom. The summed E-state index contributed by atoms with van der Waals surface area (Å²) >= 11 is 1.47. The maximum absolute atomic E-state index is 13.0. The highest BCUT2D eigenvalue weighted by atomic mass is 32.2. The molecule has 3 rings (SSSR count). The molecule has 0 bridgehead atoms. The molecule has 3 aromatic rings. The van der Waals surface area contributed by atoms with E-state index in [4.69, 9.17) is 10.2 Å². The molecule has 2 aromatic carbocycles. The number of nitrogens with zero attached hydrogens (tertiary/aromatic N) is 1. The summed E-state index contributed by atoms with van der Waals surface area (Å²) in [7, 11) is 0. The van der Waals surface area contributed by atoms with Crippen LogP contribution in [-0.4, -0.2) is 4.98 Å². The van der Waals surface area contributed by atoms with E-state index >= 15 is 0 Å². The Hall–Kier alpha value is -2.27. The quantitative estimate of drug-likeness (QED) is 0.574. The van der Waals surface area contributed by atoms with Gasteiger partial charge in [0, 0.05) is 16.1 Å². The molecule has 0 amide bonds. The molecular formula is C16H13FN2OS. The number of benzene rings is 2. The molecule has 0 fully saturated rings. The van der Waals surface area contributed by atoms with Crippen molar-refractivity contribution in [2.24, 2.45) is 0 Å². The van der Waals surface area contributed by atoms with Gasteiger partial charge in [-0.15, -0.1) is 11.8 Å². The third kappa shape index (κ3) is 3.25. The fraction of sp³-hybridized carbons (Fsp3) is 0.0625. The van der Waals surface area contributed by atoms with Crippen LogP contribution in [0.5, 0.6) is 0 Å². The van der Waals surface area contributed by atoms with Gasteiger partial charge in [0.25, 0.3) is 0 Å². The zero-order valence-corrected chi connectivity index (χ0v) is 11.9. The second-order valence-electron chi connectivity index (χ2n) is 4.46. The van der Waals surface area contributed by atoms with Gasteiger partial charge in [0.1, 0.15) is 5.82 Å². The molecule has 1 aromatic heterocycles. The minimum atomic E-state index is -0.334. The largest absolute Gasteiger partial charge is 0.440 e. The van der Waals surface area contributed by atoms with E-state index in [-0.39, 0.29) is 5.82 Å². The Balaban J connectivity index is 1.70. The maximum atomic E-state index is 13.0. The monoisotopic (exact) mass is 300 g/mol. The van der Waals surface area contributed by atoms with Crippen molar-refractivity contribution in [3.05, 3.63) is 66.4 Å². The lowest BCUT2D eigenvalue weighted by molar-refractivity contribution is 0.530. The molecule has 0 saturated heterocycles. The molecule has 1 heterocycles. The van der Waals surface area contributed by atoms with Crippen molar-refractivity contribution in [1.29, 1.82) is 0 Å². The van der Waals surface area contributed by atoms with Gasteiger partial charge >= 0.3 is 0 Å². The fourth-order valence-corrected chi connectivity index (χ4v) is 2.71. The van der Waals surface area contributed by atoms with Crippen molar-refractivity contribution >= 4 is 17.4 Å².